The molecule has 2 amide bonds. The number of carbonyl (C=O) groups excluding carboxylic acids is 2. The molecular weight excluding hydrogens is 335 g/mol. The maximum atomic E-state index is 14.0. The van der Waals surface area contributed by atoms with E-state index < -0.39 is 0 Å². The molecule has 0 saturated carbocycles. The first-order valence-corrected chi connectivity index (χ1v) is 8.54. The van der Waals surface area contributed by atoms with Gasteiger partial charge in [-0.1, -0.05) is 30.3 Å². The molecule has 1 N–H and O–H groups in total. The summed E-state index contributed by atoms with van der Waals surface area (Å²) >= 11 is 0. The van der Waals surface area contributed by atoms with Crippen LogP contribution in [0.25, 0.3) is 0 Å². The minimum atomic E-state index is -0.278. The quantitative estimate of drug-likeness (QED) is 0.865. The van der Waals surface area contributed by atoms with Crippen molar-refractivity contribution in [2.24, 2.45) is 0 Å². The number of benzene rings is 2. The minimum Gasteiger partial charge on any atom is -0.484 e. The molecule has 0 aromatic heterocycles. The van der Waals surface area contributed by atoms with Gasteiger partial charge in [-0.15, -0.1) is 0 Å². The smallest absolute Gasteiger partial charge is 0.257 e. The van der Waals surface area contributed by atoms with E-state index in [9.17, 15) is 14.0 Å². The standard InChI is InChI=1S/C20H21FN2O3/c1-22-19(24)13-26-15-6-4-5-14(11-15)12-20(25)23-10-9-18(23)16-7-2-3-8-17(16)21/h2-8,11,18H,9-10,12-13H2,1H3,(H,22,24). The van der Waals surface area contributed by atoms with E-state index in [2.05, 4.69) is 5.32 Å². The van der Waals surface area contributed by atoms with Gasteiger partial charge in [0.25, 0.3) is 5.91 Å². The van der Waals surface area contributed by atoms with E-state index in [0.717, 1.165) is 12.0 Å². The molecule has 26 heavy (non-hydrogen) atoms. The second kappa shape index (κ2) is 7.99. The molecule has 3 rings (SSSR count). The highest BCUT2D eigenvalue weighted by molar-refractivity contribution is 5.80. The van der Waals surface area contributed by atoms with E-state index in [1.54, 1.807) is 48.3 Å². The van der Waals surface area contributed by atoms with Gasteiger partial charge in [0.2, 0.25) is 5.91 Å². The second-order valence-corrected chi connectivity index (χ2v) is 6.20. The largest absolute Gasteiger partial charge is 0.484 e. The lowest BCUT2D eigenvalue weighted by atomic mass is 9.93. The van der Waals surface area contributed by atoms with Gasteiger partial charge in [0.15, 0.2) is 6.61 Å². The summed E-state index contributed by atoms with van der Waals surface area (Å²) in [6.07, 6.45) is 0.976. The van der Waals surface area contributed by atoms with Gasteiger partial charge < -0.3 is 15.0 Å². The summed E-state index contributed by atoms with van der Waals surface area (Å²) in [7, 11) is 1.54. The van der Waals surface area contributed by atoms with Crippen molar-refractivity contribution in [3.63, 3.8) is 0 Å². The molecular formula is C20H21FN2O3. The van der Waals surface area contributed by atoms with E-state index >= 15 is 0 Å². The Morgan fingerprint density at radius 1 is 1.23 bits per heavy atom. The molecule has 0 bridgehead atoms. The molecule has 1 heterocycles. The average molecular weight is 356 g/mol. The summed E-state index contributed by atoms with van der Waals surface area (Å²) in [5.74, 6) is -0.0134. The van der Waals surface area contributed by atoms with E-state index in [1.807, 2.05) is 6.07 Å². The van der Waals surface area contributed by atoms with Gasteiger partial charge in [-0.2, -0.15) is 0 Å². The van der Waals surface area contributed by atoms with Crippen LogP contribution in [0.4, 0.5) is 4.39 Å². The fourth-order valence-corrected chi connectivity index (χ4v) is 3.00. The number of amides is 2. The Kier molecular flexibility index (Phi) is 5.51. The highest BCUT2D eigenvalue weighted by Crippen LogP contribution is 2.35. The molecule has 2 aromatic rings. The zero-order valence-corrected chi connectivity index (χ0v) is 14.6. The molecule has 6 heteroatoms. The van der Waals surface area contributed by atoms with Crippen molar-refractivity contribution in [3.05, 3.63) is 65.5 Å². The first-order chi connectivity index (χ1) is 12.6. The SMILES string of the molecule is CNC(=O)COc1cccc(CC(=O)N2CCC2c2ccccc2F)c1. The van der Waals surface area contributed by atoms with Crippen LogP contribution in [-0.2, 0) is 16.0 Å². The number of likely N-dealkylation sites (N-methyl/N-ethyl adjacent to an activating group) is 1. The molecule has 1 unspecified atom stereocenters. The lowest BCUT2D eigenvalue weighted by molar-refractivity contribution is -0.138. The van der Waals surface area contributed by atoms with Crippen LogP contribution in [0, 0.1) is 5.82 Å². The van der Waals surface area contributed by atoms with Crippen LogP contribution in [0.2, 0.25) is 0 Å². The second-order valence-electron chi connectivity index (χ2n) is 6.20. The number of rotatable bonds is 6. The van der Waals surface area contributed by atoms with E-state index in [-0.39, 0.29) is 36.7 Å². The highest BCUT2D eigenvalue weighted by atomic mass is 19.1. The highest BCUT2D eigenvalue weighted by Gasteiger charge is 2.34. The molecule has 0 radical (unpaired) electrons. The number of nitrogens with zero attached hydrogens (tertiary/aromatic N) is 1. The van der Waals surface area contributed by atoms with Crippen molar-refractivity contribution in [2.45, 2.75) is 18.9 Å². The Labute approximate surface area is 151 Å². The first-order valence-electron chi connectivity index (χ1n) is 8.54. The number of carbonyl (C=O) groups is 2. The van der Waals surface area contributed by atoms with Gasteiger partial charge >= 0.3 is 0 Å². The fraction of sp³-hybridized carbons (Fsp3) is 0.300. The van der Waals surface area contributed by atoms with Crippen LogP contribution in [-0.4, -0.2) is 36.9 Å². The van der Waals surface area contributed by atoms with Crippen molar-refractivity contribution in [1.82, 2.24) is 10.2 Å². The van der Waals surface area contributed by atoms with E-state index in [0.29, 0.717) is 17.9 Å². The molecule has 0 spiro atoms. The van der Waals surface area contributed by atoms with Crippen LogP contribution >= 0.6 is 0 Å². The molecule has 0 aliphatic carbocycles. The molecule has 1 saturated heterocycles. The predicted octanol–water partition coefficient (Wildman–Crippen LogP) is 2.47. The van der Waals surface area contributed by atoms with Gasteiger partial charge in [-0.25, -0.2) is 4.39 Å². The number of nitrogens with one attached hydrogen (secondary N) is 1. The normalized spacial score (nSPS) is 15.9. The zero-order valence-electron chi connectivity index (χ0n) is 14.6. The molecule has 2 aromatic carbocycles. The van der Waals surface area contributed by atoms with Crippen molar-refractivity contribution >= 4 is 11.8 Å². The Hall–Kier alpha value is -2.89. The maximum absolute atomic E-state index is 14.0. The molecule has 136 valence electrons. The summed E-state index contributed by atoms with van der Waals surface area (Å²) in [6, 6.07) is 13.5. The van der Waals surface area contributed by atoms with Crippen molar-refractivity contribution in [3.8, 4) is 5.75 Å². The summed E-state index contributed by atoms with van der Waals surface area (Å²) in [5.41, 5.74) is 1.36. The third kappa shape index (κ3) is 4.02. The van der Waals surface area contributed by atoms with Crippen LogP contribution in [0.15, 0.2) is 48.5 Å². The number of hydrogen-bond donors (Lipinski definition) is 1. The van der Waals surface area contributed by atoms with Crippen LogP contribution in [0.1, 0.15) is 23.6 Å². The van der Waals surface area contributed by atoms with Gasteiger partial charge in [-0.3, -0.25) is 9.59 Å². The lowest BCUT2D eigenvalue weighted by Gasteiger charge is -2.41. The van der Waals surface area contributed by atoms with Gasteiger partial charge in [-0.05, 0) is 30.2 Å². The average Bonchev–Trinajstić information content (AvgIpc) is 2.61. The predicted molar refractivity (Wildman–Crippen MR) is 95.2 cm³/mol. The molecule has 1 fully saturated rings. The Balaban J connectivity index is 1.63. The van der Waals surface area contributed by atoms with E-state index in [4.69, 9.17) is 4.74 Å². The number of hydrogen-bond acceptors (Lipinski definition) is 3. The lowest BCUT2D eigenvalue weighted by Crippen LogP contribution is -2.46. The third-order valence-corrected chi connectivity index (χ3v) is 4.51. The molecule has 1 atom stereocenters. The monoisotopic (exact) mass is 356 g/mol. The number of ether oxygens (including phenoxy) is 1. The zero-order chi connectivity index (χ0) is 18.5. The first kappa shape index (κ1) is 17.9. The van der Waals surface area contributed by atoms with Gasteiger partial charge in [0, 0.05) is 19.2 Å². The topological polar surface area (TPSA) is 58.6 Å². The Morgan fingerprint density at radius 2 is 2.04 bits per heavy atom. The maximum Gasteiger partial charge on any atom is 0.257 e. The third-order valence-electron chi connectivity index (χ3n) is 4.51. The number of likely N-dealkylation sites (tertiary alicyclic amines) is 1. The van der Waals surface area contributed by atoms with Gasteiger partial charge in [0.1, 0.15) is 11.6 Å². The van der Waals surface area contributed by atoms with Crippen LogP contribution < -0.4 is 10.1 Å². The van der Waals surface area contributed by atoms with Gasteiger partial charge in [0.05, 0.1) is 12.5 Å². The number of halogens is 1. The Morgan fingerprint density at radius 3 is 2.73 bits per heavy atom. The molecule has 5 nitrogen and oxygen atoms in total. The van der Waals surface area contributed by atoms with Crippen LogP contribution in [0.5, 0.6) is 5.75 Å². The Bertz CT molecular complexity index is 809. The fourth-order valence-electron chi connectivity index (χ4n) is 3.00. The van der Waals surface area contributed by atoms with Crippen molar-refractivity contribution in [2.75, 3.05) is 20.2 Å². The summed E-state index contributed by atoms with van der Waals surface area (Å²) < 4.78 is 19.4. The molecule has 1 aliphatic rings. The van der Waals surface area contributed by atoms with Crippen LogP contribution in [0.3, 0.4) is 0 Å². The minimum absolute atomic E-state index is 0.0482. The summed E-state index contributed by atoms with van der Waals surface area (Å²) in [6.45, 7) is 0.556. The summed E-state index contributed by atoms with van der Waals surface area (Å²) in [5, 5.41) is 2.48. The summed E-state index contributed by atoms with van der Waals surface area (Å²) in [4.78, 5) is 25.6. The molecule has 1 aliphatic heterocycles. The van der Waals surface area contributed by atoms with Crippen molar-refractivity contribution in [1.29, 1.82) is 0 Å². The van der Waals surface area contributed by atoms with Crippen molar-refractivity contribution < 1.29 is 18.7 Å². The van der Waals surface area contributed by atoms with E-state index in [1.165, 1.54) is 6.07 Å².